The fraction of sp³-hybridized carbons (Fsp3) is 0.533. The van der Waals surface area contributed by atoms with Crippen LogP contribution in [0, 0.1) is 0 Å². The minimum Gasteiger partial charge on any atom is -0.344 e. The first-order valence-corrected chi connectivity index (χ1v) is 6.91. The maximum Gasteiger partial charge on any atom is 0.383 e. The second-order valence-corrected chi connectivity index (χ2v) is 5.35. The van der Waals surface area contributed by atoms with E-state index in [1.54, 1.807) is 6.07 Å². The number of nitrogens with one attached hydrogen (secondary N) is 1. The van der Waals surface area contributed by atoms with Crippen LogP contribution in [0.4, 0.5) is 17.6 Å². The van der Waals surface area contributed by atoms with Crippen molar-refractivity contribution in [3.63, 3.8) is 0 Å². The standard InChI is InChI=1S/C15H17F4NO/c1-9(20-14(21)15(18,19)13(16)17)11-7-6-10-4-2-3-5-12(10)8-11/h6-9,13H,2-5H2,1H3,(H,20,21). The van der Waals surface area contributed by atoms with E-state index in [1.165, 1.54) is 12.5 Å². The third-order valence-electron chi connectivity index (χ3n) is 3.80. The predicted molar refractivity (Wildman–Crippen MR) is 70.6 cm³/mol. The first-order valence-electron chi connectivity index (χ1n) is 6.91. The molecule has 0 saturated heterocycles. The van der Waals surface area contributed by atoms with Crippen molar-refractivity contribution in [2.75, 3.05) is 0 Å². The van der Waals surface area contributed by atoms with Gasteiger partial charge in [-0.25, -0.2) is 8.78 Å². The van der Waals surface area contributed by atoms with Gasteiger partial charge < -0.3 is 5.32 Å². The molecule has 1 atom stereocenters. The summed E-state index contributed by atoms with van der Waals surface area (Å²) in [7, 11) is 0. The van der Waals surface area contributed by atoms with Crippen molar-refractivity contribution in [2.45, 2.75) is 51.0 Å². The number of fused-ring (bicyclic) bond motifs is 1. The largest absolute Gasteiger partial charge is 0.383 e. The first kappa shape index (κ1) is 15.8. The maximum atomic E-state index is 12.9. The summed E-state index contributed by atoms with van der Waals surface area (Å²) in [4.78, 5) is 11.2. The van der Waals surface area contributed by atoms with Gasteiger partial charge in [-0.1, -0.05) is 18.2 Å². The molecular weight excluding hydrogens is 286 g/mol. The van der Waals surface area contributed by atoms with Crippen LogP contribution in [-0.2, 0) is 17.6 Å². The van der Waals surface area contributed by atoms with Crippen LogP contribution < -0.4 is 5.32 Å². The Bertz CT molecular complexity index is 530. The summed E-state index contributed by atoms with van der Waals surface area (Å²) < 4.78 is 50.1. The highest BCUT2D eigenvalue weighted by Gasteiger charge is 2.49. The van der Waals surface area contributed by atoms with E-state index < -0.39 is 24.3 Å². The lowest BCUT2D eigenvalue weighted by molar-refractivity contribution is -0.170. The van der Waals surface area contributed by atoms with E-state index in [2.05, 4.69) is 0 Å². The second kappa shape index (κ2) is 6.03. The number of carbonyl (C=O) groups excluding carboxylic acids is 1. The molecule has 1 N–H and O–H groups in total. The average molecular weight is 303 g/mol. The molecule has 0 heterocycles. The second-order valence-electron chi connectivity index (χ2n) is 5.35. The highest BCUT2D eigenvalue weighted by atomic mass is 19.3. The molecule has 0 aliphatic heterocycles. The van der Waals surface area contributed by atoms with Gasteiger partial charge in [0.2, 0.25) is 0 Å². The van der Waals surface area contributed by atoms with Crippen LogP contribution >= 0.6 is 0 Å². The number of amides is 1. The van der Waals surface area contributed by atoms with Crippen molar-refractivity contribution >= 4 is 5.91 Å². The average Bonchev–Trinajstić information content (AvgIpc) is 2.46. The van der Waals surface area contributed by atoms with Gasteiger partial charge in [0.25, 0.3) is 5.91 Å². The summed E-state index contributed by atoms with van der Waals surface area (Å²) in [6.07, 6.45) is 0.0877. The summed E-state index contributed by atoms with van der Waals surface area (Å²) in [6, 6.07) is 4.78. The van der Waals surface area contributed by atoms with Crippen molar-refractivity contribution in [3.8, 4) is 0 Å². The molecule has 116 valence electrons. The third-order valence-corrected chi connectivity index (χ3v) is 3.80. The Kier molecular flexibility index (Phi) is 4.54. The van der Waals surface area contributed by atoms with Crippen molar-refractivity contribution < 1.29 is 22.4 Å². The first-order chi connectivity index (χ1) is 9.82. The third kappa shape index (κ3) is 3.36. The van der Waals surface area contributed by atoms with Gasteiger partial charge in [-0.15, -0.1) is 0 Å². The zero-order valence-electron chi connectivity index (χ0n) is 11.6. The minimum atomic E-state index is -4.66. The Morgan fingerprint density at radius 1 is 1.19 bits per heavy atom. The van der Waals surface area contributed by atoms with Gasteiger partial charge in [0.15, 0.2) is 0 Å². The van der Waals surface area contributed by atoms with Gasteiger partial charge in [-0.2, -0.15) is 8.78 Å². The van der Waals surface area contributed by atoms with Crippen LogP contribution in [0.15, 0.2) is 18.2 Å². The number of carbonyl (C=O) groups is 1. The molecule has 1 aliphatic carbocycles. The molecule has 1 unspecified atom stereocenters. The van der Waals surface area contributed by atoms with Crippen LogP contribution in [-0.4, -0.2) is 18.3 Å². The van der Waals surface area contributed by atoms with Gasteiger partial charge in [-0.05, 0) is 49.3 Å². The van der Waals surface area contributed by atoms with Crippen LogP contribution in [0.3, 0.4) is 0 Å². The molecule has 1 aliphatic rings. The highest BCUT2D eigenvalue weighted by Crippen LogP contribution is 2.27. The molecule has 0 spiro atoms. The fourth-order valence-corrected chi connectivity index (χ4v) is 2.50. The van der Waals surface area contributed by atoms with Gasteiger partial charge in [0, 0.05) is 0 Å². The van der Waals surface area contributed by atoms with E-state index in [1.807, 2.05) is 17.4 Å². The normalized spacial score (nSPS) is 16.5. The molecule has 6 heteroatoms. The quantitative estimate of drug-likeness (QED) is 0.845. The molecule has 1 aromatic carbocycles. The number of hydrogen-bond donors (Lipinski definition) is 1. The van der Waals surface area contributed by atoms with Crippen molar-refractivity contribution in [3.05, 3.63) is 34.9 Å². The van der Waals surface area contributed by atoms with Crippen molar-refractivity contribution in [1.82, 2.24) is 5.32 Å². The number of halogens is 4. The molecule has 2 rings (SSSR count). The van der Waals surface area contributed by atoms with Gasteiger partial charge in [0.05, 0.1) is 6.04 Å². The van der Waals surface area contributed by atoms with Crippen LogP contribution in [0.2, 0.25) is 0 Å². The topological polar surface area (TPSA) is 29.1 Å². The van der Waals surface area contributed by atoms with Crippen molar-refractivity contribution in [1.29, 1.82) is 0 Å². The lowest BCUT2D eigenvalue weighted by atomic mass is 9.89. The smallest absolute Gasteiger partial charge is 0.344 e. The fourth-order valence-electron chi connectivity index (χ4n) is 2.50. The molecular formula is C15H17F4NO. The molecule has 0 bridgehead atoms. The maximum absolute atomic E-state index is 12.9. The number of alkyl halides is 4. The SMILES string of the molecule is CC(NC(=O)C(F)(F)C(F)F)c1ccc2c(c1)CCCC2. The molecule has 0 fully saturated rings. The molecule has 0 saturated carbocycles. The Labute approximate surface area is 120 Å². The van der Waals surface area contributed by atoms with Gasteiger partial charge in [0.1, 0.15) is 0 Å². The number of benzene rings is 1. The van der Waals surface area contributed by atoms with E-state index in [9.17, 15) is 22.4 Å². The Hall–Kier alpha value is -1.59. The Balaban J connectivity index is 2.10. The molecule has 1 aromatic rings. The molecule has 0 aromatic heterocycles. The Morgan fingerprint density at radius 3 is 2.43 bits per heavy atom. The summed E-state index contributed by atoms with van der Waals surface area (Å²) in [5, 5.41) is 1.96. The number of aryl methyl sites for hydroxylation is 2. The van der Waals surface area contributed by atoms with Gasteiger partial charge in [-0.3, -0.25) is 4.79 Å². The molecule has 0 radical (unpaired) electrons. The summed E-state index contributed by atoms with van der Waals surface area (Å²) >= 11 is 0. The number of rotatable bonds is 4. The van der Waals surface area contributed by atoms with Gasteiger partial charge >= 0.3 is 12.3 Å². The van der Waals surface area contributed by atoms with E-state index in [0.717, 1.165) is 31.2 Å². The highest BCUT2D eigenvalue weighted by molar-refractivity contribution is 5.84. The summed E-state index contributed by atoms with van der Waals surface area (Å²) in [5.74, 6) is -6.61. The van der Waals surface area contributed by atoms with E-state index in [-0.39, 0.29) is 0 Å². The zero-order chi connectivity index (χ0) is 15.6. The minimum absolute atomic E-state index is 0.647. The predicted octanol–water partition coefficient (Wildman–Crippen LogP) is 3.64. The monoisotopic (exact) mass is 303 g/mol. The lowest BCUT2D eigenvalue weighted by Crippen LogP contribution is -2.46. The molecule has 1 amide bonds. The summed E-state index contributed by atoms with van der Waals surface area (Å²) in [6.45, 7) is 1.50. The molecule has 21 heavy (non-hydrogen) atoms. The van der Waals surface area contributed by atoms with E-state index in [4.69, 9.17) is 0 Å². The van der Waals surface area contributed by atoms with E-state index in [0.29, 0.717) is 5.56 Å². The van der Waals surface area contributed by atoms with Crippen LogP contribution in [0.1, 0.15) is 42.5 Å². The van der Waals surface area contributed by atoms with Crippen LogP contribution in [0.5, 0.6) is 0 Å². The zero-order valence-corrected chi connectivity index (χ0v) is 11.6. The van der Waals surface area contributed by atoms with Crippen LogP contribution in [0.25, 0.3) is 0 Å². The van der Waals surface area contributed by atoms with E-state index >= 15 is 0 Å². The molecule has 2 nitrogen and oxygen atoms in total. The Morgan fingerprint density at radius 2 is 1.81 bits per heavy atom. The summed E-state index contributed by atoms with van der Waals surface area (Å²) in [5.41, 5.74) is 3.01. The number of hydrogen-bond acceptors (Lipinski definition) is 1. The lowest BCUT2D eigenvalue weighted by Gasteiger charge is -2.22. The van der Waals surface area contributed by atoms with Crippen molar-refractivity contribution in [2.24, 2.45) is 0 Å².